The normalized spacial score (nSPS) is 19.2. The molecule has 0 aliphatic carbocycles. The van der Waals surface area contributed by atoms with Gasteiger partial charge in [-0.25, -0.2) is 9.78 Å². The molecule has 2 amide bonds. The van der Waals surface area contributed by atoms with Crippen molar-refractivity contribution in [1.29, 1.82) is 0 Å². The Morgan fingerprint density at radius 1 is 1.27 bits per heavy atom. The van der Waals surface area contributed by atoms with Gasteiger partial charge in [-0.1, -0.05) is 11.6 Å². The van der Waals surface area contributed by atoms with Crippen molar-refractivity contribution in [3.05, 3.63) is 47.6 Å². The van der Waals surface area contributed by atoms with E-state index in [0.717, 1.165) is 0 Å². The second-order valence-electron chi connectivity index (χ2n) is 6.41. The Morgan fingerprint density at radius 3 is 2.58 bits per heavy atom. The number of rotatable bonds is 4. The van der Waals surface area contributed by atoms with Gasteiger partial charge in [-0.3, -0.25) is 4.79 Å². The Morgan fingerprint density at radius 2 is 2.00 bits per heavy atom. The van der Waals surface area contributed by atoms with Gasteiger partial charge in [0, 0.05) is 31.0 Å². The van der Waals surface area contributed by atoms with Crippen molar-refractivity contribution in [2.45, 2.75) is 13.3 Å². The van der Waals surface area contributed by atoms with Crippen LogP contribution in [0.15, 0.2) is 42.6 Å². The SMILES string of the molecule is CC1(C(=O)O)CCN(C(=O)Nc2ccc(Oc3ccc(Cl)cn3)cc2)C1. The quantitative estimate of drug-likeness (QED) is 0.846. The number of carboxylic acid groups (broad SMARTS) is 1. The predicted octanol–water partition coefficient (Wildman–Crippen LogP) is 3.86. The molecule has 2 N–H and O–H groups in total. The fourth-order valence-electron chi connectivity index (χ4n) is 2.66. The zero-order valence-electron chi connectivity index (χ0n) is 14.1. The number of amides is 2. The van der Waals surface area contributed by atoms with Gasteiger partial charge in [0.2, 0.25) is 5.88 Å². The minimum absolute atomic E-state index is 0.192. The number of aromatic nitrogens is 1. The van der Waals surface area contributed by atoms with Crippen molar-refractivity contribution < 1.29 is 19.4 Å². The number of carbonyl (C=O) groups excluding carboxylic acids is 1. The summed E-state index contributed by atoms with van der Waals surface area (Å²) in [5, 5.41) is 12.5. The van der Waals surface area contributed by atoms with Gasteiger partial charge in [0.05, 0.1) is 10.4 Å². The van der Waals surface area contributed by atoms with Gasteiger partial charge < -0.3 is 20.1 Å². The van der Waals surface area contributed by atoms with Crippen LogP contribution < -0.4 is 10.1 Å². The summed E-state index contributed by atoms with van der Waals surface area (Å²) in [7, 11) is 0. The number of carboxylic acids is 1. The van der Waals surface area contributed by atoms with Gasteiger partial charge >= 0.3 is 12.0 Å². The molecule has 2 heterocycles. The van der Waals surface area contributed by atoms with Crippen LogP contribution in [0.2, 0.25) is 5.02 Å². The molecular formula is C18H18ClN3O4. The second-order valence-corrected chi connectivity index (χ2v) is 6.85. The number of urea groups is 1. The molecule has 1 atom stereocenters. The topological polar surface area (TPSA) is 91.8 Å². The molecule has 1 aromatic carbocycles. The van der Waals surface area contributed by atoms with E-state index in [1.807, 2.05) is 0 Å². The summed E-state index contributed by atoms with van der Waals surface area (Å²) in [4.78, 5) is 29.1. The van der Waals surface area contributed by atoms with E-state index in [2.05, 4.69) is 10.3 Å². The number of anilines is 1. The largest absolute Gasteiger partial charge is 0.481 e. The maximum Gasteiger partial charge on any atom is 0.321 e. The van der Waals surface area contributed by atoms with Gasteiger partial charge in [0.25, 0.3) is 0 Å². The van der Waals surface area contributed by atoms with Crippen LogP contribution in [-0.4, -0.2) is 40.1 Å². The van der Waals surface area contributed by atoms with E-state index in [0.29, 0.717) is 35.3 Å². The van der Waals surface area contributed by atoms with Gasteiger partial charge in [0.15, 0.2) is 0 Å². The molecule has 0 saturated carbocycles. The maximum absolute atomic E-state index is 12.3. The lowest BCUT2D eigenvalue weighted by Crippen LogP contribution is -2.37. The molecule has 1 aliphatic heterocycles. The molecule has 7 nitrogen and oxygen atoms in total. The molecule has 1 aliphatic rings. The molecule has 1 fully saturated rings. The molecule has 3 rings (SSSR count). The first-order valence-electron chi connectivity index (χ1n) is 8.04. The van der Waals surface area contributed by atoms with Crippen molar-refractivity contribution >= 4 is 29.3 Å². The summed E-state index contributed by atoms with van der Waals surface area (Å²) in [5.41, 5.74) is -0.295. The van der Waals surface area contributed by atoms with Crippen molar-refractivity contribution in [1.82, 2.24) is 9.88 Å². The summed E-state index contributed by atoms with van der Waals surface area (Å²) in [6.45, 7) is 2.26. The first-order valence-corrected chi connectivity index (χ1v) is 8.42. The number of pyridine rings is 1. The Labute approximate surface area is 155 Å². The lowest BCUT2D eigenvalue weighted by atomic mass is 9.90. The highest BCUT2D eigenvalue weighted by Gasteiger charge is 2.42. The zero-order chi connectivity index (χ0) is 18.7. The average Bonchev–Trinajstić information content (AvgIpc) is 3.03. The van der Waals surface area contributed by atoms with Crippen LogP contribution in [0.5, 0.6) is 11.6 Å². The average molecular weight is 376 g/mol. The fourth-order valence-corrected chi connectivity index (χ4v) is 2.77. The van der Waals surface area contributed by atoms with E-state index in [-0.39, 0.29) is 12.6 Å². The van der Waals surface area contributed by atoms with Crippen LogP contribution >= 0.6 is 11.6 Å². The van der Waals surface area contributed by atoms with E-state index in [1.54, 1.807) is 43.3 Å². The van der Waals surface area contributed by atoms with Gasteiger partial charge in [-0.2, -0.15) is 0 Å². The van der Waals surface area contributed by atoms with Crippen LogP contribution in [0.1, 0.15) is 13.3 Å². The molecule has 1 saturated heterocycles. The van der Waals surface area contributed by atoms with Crippen LogP contribution in [-0.2, 0) is 4.79 Å². The predicted molar refractivity (Wildman–Crippen MR) is 96.7 cm³/mol. The lowest BCUT2D eigenvalue weighted by molar-refractivity contribution is -0.146. The number of nitrogens with zero attached hydrogens (tertiary/aromatic N) is 2. The number of nitrogens with one attached hydrogen (secondary N) is 1. The third-order valence-corrected chi connectivity index (χ3v) is 4.53. The van der Waals surface area contributed by atoms with Crippen LogP contribution in [0, 0.1) is 5.41 Å². The zero-order valence-corrected chi connectivity index (χ0v) is 14.9. The van der Waals surface area contributed by atoms with E-state index in [4.69, 9.17) is 16.3 Å². The molecule has 0 radical (unpaired) electrons. The molecule has 0 spiro atoms. The summed E-state index contributed by atoms with van der Waals surface area (Å²) in [5.74, 6) is 0.0961. The smallest absolute Gasteiger partial charge is 0.321 e. The van der Waals surface area contributed by atoms with Crippen LogP contribution in [0.25, 0.3) is 0 Å². The van der Waals surface area contributed by atoms with Crippen molar-refractivity contribution in [3.63, 3.8) is 0 Å². The molecular weight excluding hydrogens is 358 g/mol. The first-order chi connectivity index (χ1) is 12.4. The Bertz CT molecular complexity index is 810. The van der Waals surface area contributed by atoms with Gasteiger partial charge in [-0.15, -0.1) is 0 Å². The number of aliphatic carboxylic acids is 1. The number of likely N-dealkylation sites (tertiary alicyclic amines) is 1. The summed E-state index contributed by atoms with van der Waals surface area (Å²) in [6, 6.07) is 9.84. The van der Waals surface area contributed by atoms with Crippen molar-refractivity contribution in [2.75, 3.05) is 18.4 Å². The van der Waals surface area contributed by atoms with Gasteiger partial charge in [0.1, 0.15) is 5.75 Å². The highest BCUT2D eigenvalue weighted by atomic mass is 35.5. The highest BCUT2D eigenvalue weighted by Crippen LogP contribution is 2.30. The Balaban J connectivity index is 1.58. The molecule has 0 bridgehead atoms. The molecule has 1 unspecified atom stereocenters. The second kappa shape index (κ2) is 7.21. The number of halogens is 1. The van der Waals surface area contributed by atoms with E-state index in [1.165, 1.54) is 11.1 Å². The minimum atomic E-state index is -0.888. The third kappa shape index (κ3) is 4.05. The summed E-state index contributed by atoms with van der Waals surface area (Å²) < 4.78 is 5.59. The van der Waals surface area contributed by atoms with Crippen LogP contribution in [0.4, 0.5) is 10.5 Å². The van der Waals surface area contributed by atoms with Crippen molar-refractivity contribution in [2.24, 2.45) is 5.41 Å². The van der Waals surface area contributed by atoms with E-state index < -0.39 is 11.4 Å². The first kappa shape index (κ1) is 18.0. The fraction of sp³-hybridized carbons (Fsp3) is 0.278. The van der Waals surface area contributed by atoms with Crippen LogP contribution in [0.3, 0.4) is 0 Å². The minimum Gasteiger partial charge on any atom is -0.481 e. The number of hydrogen-bond donors (Lipinski definition) is 2. The Kier molecular flexibility index (Phi) is 4.99. The summed E-state index contributed by atoms with van der Waals surface area (Å²) in [6.07, 6.45) is 1.93. The number of hydrogen-bond acceptors (Lipinski definition) is 4. The maximum atomic E-state index is 12.3. The highest BCUT2D eigenvalue weighted by molar-refractivity contribution is 6.30. The molecule has 8 heteroatoms. The van der Waals surface area contributed by atoms with Crippen molar-refractivity contribution in [3.8, 4) is 11.6 Å². The number of benzene rings is 1. The number of carbonyl (C=O) groups is 2. The molecule has 2 aromatic rings. The lowest BCUT2D eigenvalue weighted by Gasteiger charge is -2.20. The number of ether oxygens (including phenoxy) is 1. The molecule has 26 heavy (non-hydrogen) atoms. The monoisotopic (exact) mass is 375 g/mol. The van der Waals surface area contributed by atoms with E-state index in [9.17, 15) is 14.7 Å². The molecule has 136 valence electrons. The standard InChI is InChI=1S/C18H18ClN3O4/c1-18(16(23)24)8-9-22(11-18)17(25)21-13-3-5-14(6-4-13)26-15-7-2-12(19)10-20-15/h2-7,10H,8-9,11H2,1H3,(H,21,25)(H,23,24). The molecule has 1 aromatic heterocycles. The third-order valence-electron chi connectivity index (χ3n) is 4.31. The van der Waals surface area contributed by atoms with E-state index >= 15 is 0 Å². The summed E-state index contributed by atoms with van der Waals surface area (Å²) >= 11 is 5.78. The van der Waals surface area contributed by atoms with Gasteiger partial charge in [-0.05, 0) is 43.7 Å². The Hall–Kier alpha value is -2.80.